The number of anilines is 1. The summed E-state index contributed by atoms with van der Waals surface area (Å²) in [5.41, 5.74) is 1.52. The molecule has 2 heterocycles. The molecule has 1 aromatic carbocycles. The third-order valence-electron chi connectivity index (χ3n) is 6.09. The molecule has 1 aliphatic carbocycles. The van der Waals surface area contributed by atoms with Crippen molar-refractivity contribution in [2.45, 2.75) is 19.3 Å². The van der Waals surface area contributed by atoms with E-state index in [1.807, 2.05) is 42.3 Å². The molecule has 6 nitrogen and oxygen atoms in total. The molecule has 0 radical (unpaired) electrons. The van der Waals surface area contributed by atoms with Crippen molar-refractivity contribution in [3.05, 3.63) is 60.4 Å². The van der Waals surface area contributed by atoms with E-state index >= 15 is 0 Å². The van der Waals surface area contributed by atoms with E-state index in [1.54, 1.807) is 17.3 Å². The van der Waals surface area contributed by atoms with Crippen LogP contribution in [-0.2, 0) is 16.0 Å². The summed E-state index contributed by atoms with van der Waals surface area (Å²) in [5.74, 6) is -0.00646. The molecule has 1 aliphatic heterocycles. The second-order valence-electron chi connectivity index (χ2n) is 8.03. The monoisotopic (exact) mass is 392 g/mol. The highest BCUT2D eigenvalue weighted by molar-refractivity contribution is 6.07. The van der Waals surface area contributed by atoms with Crippen molar-refractivity contribution in [2.24, 2.45) is 5.41 Å². The lowest BCUT2D eigenvalue weighted by Crippen LogP contribution is -2.53. The molecule has 6 heteroatoms. The van der Waals surface area contributed by atoms with Crippen LogP contribution in [0.4, 0.5) is 5.69 Å². The fourth-order valence-electron chi connectivity index (χ4n) is 4.07. The Hall–Kier alpha value is -2.89. The summed E-state index contributed by atoms with van der Waals surface area (Å²) in [5, 5.41) is 0. The third kappa shape index (κ3) is 4.11. The van der Waals surface area contributed by atoms with Crippen molar-refractivity contribution in [1.82, 2.24) is 14.8 Å². The number of pyridine rings is 1. The largest absolute Gasteiger partial charge is 0.368 e. The Morgan fingerprint density at radius 1 is 1.00 bits per heavy atom. The molecule has 0 atom stereocenters. The first-order valence-electron chi connectivity index (χ1n) is 10.3. The van der Waals surface area contributed by atoms with Gasteiger partial charge >= 0.3 is 0 Å². The van der Waals surface area contributed by atoms with Crippen LogP contribution in [0.15, 0.2) is 54.9 Å². The zero-order chi connectivity index (χ0) is 20.3. The minimum atomic E-state index is -0.818. The first-order valence-corrected chi connectivity index (χ1v) is 10.3. The SMILES string of the molecule is CN(CCc1ccncc1)C(=O)C1(C(=O)N2CCN(c3ccccc3)CC2)CC1. The molecular formula is C23H28N4O2. The summed E-state index contributed by atoms with van der Waals surface area (Å²) < 4.78 is 0. The van der Waals surface area contributed by atoms with Gasteiger partial charge in [0.2, 0.25) is 11.8 Å². The number of piperazine rings is 1. The predicted molar refractivity (Wildman–Crippen MR) is 112 cm³/mol. The number of para-hydroxylation sites is 1. The maximum absolute atomic E-state index is 13.2. The van der Waals surface area contributed by atoms with Crippen LogP contribution in [0.5, 0.6) is 0 Å². The summed E-state index contributed by atoms with van der Waals surface area (Å²) in [7, 11) is 1.81. The number of aromatic nitrogens is 1. The standard InChI is InChI=1S/C23H28N4O2/c1-25(14-9-19-7-12-24-13-8-19)21(28)23(10-11-23)22(29)27-17-15-26(16-18-27)20-5-3-2-4-6-20/h2-8,12-13H,9-11,14-18H2,1H3. The maximum Gasteiger partial charge on any atom is 0.238 e. The van der Waals surface area contributed by atoms with Gasteiger partial charge in [-0.1, -0.05) is 18.2 Å². The number of rotatable bonds is 6. The summed E-state index contributed by atoms with van der Waals surface area (Å²) in [6, 6.07) is 14.2. The Kier molecular flexibility index (Phi) is 5.51. The van der Waals surface area contributed by atoms with Gasteiger partial charge in [-0.3, -0.25) is 14.6 Å². The molecule has 2 fully saturated rings. The molecule has 1 saturated carbocycles. The molecule has 4 rings (SSSR count). The van der Waals surface area contributed by atoms with E-state index < -0.39 is 5.41 Å². The third-order valence-corrected chi connectivity index (χ3v) is 6.09. The number of likely N-dealkylation sites (N-methyl/N-ethyl adjacent to an activating group) is 1. The fraction of sp³-hybridized carbons (Fsp3) is 0.435. The number of nitrogens with zero attached hydrogens (tertiary/aromatic N) is 4. The number of carbonyl (C=O) groups excluding carboxylic acids is 2. The van der Waals surface area contributed by atoms with Crippen molar-refractivity contribution in [3.63, 3.8) is 0 Å². The molecule has 0 N–H and O–H groups in total. The van der Waals surface area contributed by atoms with Crippen LogP contribution in [0.2, 0.25) is 0 Å². The Morgan fingerprint density at radius 2 is 1.66 bits per heavy atom. The van der Waals surface area contributed by atoms with Crippen LogP contribution >= 0.6 is 0 Å². The molecular weight excluding hydrogens is 364 g/mol. The molecule has 2 aromatic rings. The van der Waals surface area contributed by atoms with Gasteiger partial charge in [0.05, 0.1) is 0 Å². The van der Waals surface area contributed by atoms with Gasteiger partial charge in [-0.05, 0) is 49.1 Å². The Balaban J connectivity index is 1.33. The van der Waals surface area contributed by atoms with Crippen molar-refractivity contribution in [3.8, 4) is 0 Å². The van der Waals surface area contributed by atoms with Crippen LogP contribution in [0, 0.1) is 5.41 Å². The summed E-state index contributed by atoms with van der Waals surface area (Å²) in [4.78, 5) is 36.2. The minimum absolute atomic E-state index is 0.0194. The van der Waals surface area contributed by atoms with Gasteiger partial charge in [0.1, 0.15) is 5.41 Å². The highest BCUT2D eigenvalue weighted by atomic mass is 16.2. The van der Waals surface area contributed by atoms with Crippen LogP contribution in [0.3, 0.4) is 0 Å². The van der Waals surface area contributed by atoms with E-state index in [1.165, 1.54) is 5.69 Å². The lowest BCUT2D eigenvalue weighted by molar-refractivity contribution is -0.149. The first kappa shape index (κ1) is 19.4. The van der Waals surface area contributed by atoms with E-state index in [-0.39, 0.29) is 11.8 Å². The second kappa shape index (κ2) is 8.23. The smallest absolute Gasteiger partial charge is 0.238 e. The fourth-order valence-corrected chi connectivity index (χ4v) is 4.07. The zero-order valence-electron chi connectivity index (χ0n) is 17.0. The van der Waals surface area contributed by atoms with E-state index in [0.29, 0.717) is 32.5 Å². The quantitative estimate of drug-likeness (QED) is 0.708. The first-order chi connectivity index (χ1) is 14.1. The molecule has 1 aromatic heterocycles. The number of carbonyl (C=O) groups is 2. The Bertz CT molecular complexity index is 844. The molecule has 2 aliphatic rings. The molecule has 152 valence electrons. The number of benzene rings is 1. The summed E-state index contributed by atoms with van der Waals surface area (Å²) in [6.45, 7) is 3.56. The topological polar surface area (TPSA) is 56.8 Å². The molecule has 29 heavy (non-hydrogen) atoms. The van der Waals surface area contributed by atoms with E-state index in [0.717, 1.165) is 25.1 Å². The van der Waals surface area contributed by atoms with E-state index in [4.69, 9.17) is 0 Å². The molecule has 2 amide bonds. The van der Waals surface area contributed by atoms with Gasteiger partial charge in [-0.2, -0.15) is 0 Å². The van der Waals surface area contributed by atoms with Crippen LogP contribution in [-0.4, -0.2) is 66.4 Å². The van der Waals surface area contributed by atoms with Gasteiger partial charge in [-0.15, -0.1) is 0 Å². The van der Waals surface area contributed by atoms with Gasteiger partial charge in [0.25, 0.3) is 0 Å². The van der Waals surface area contributed by atoms with Gasteiger partial charge in [0, 0.05) is 57.9 Å². The number of hydrogen-bond donors (Lipinski definition) is 0. The number of hydrogen-bond acceptors (Lipinski definition) is 4. The van der Waals surface area contributed by atoms with Gasteiger partial charge in [-0.25, -0.2) is 0 Å². The zero-order valence-corrected chi connectivity index (χ0v) is 17.0. The lowest BCUT2D eigenvalue weighted by Gasteiger charge is -2.38. The molecule has 1 saturated heterocycles. The molecule has 0 spiro atoms. The lowest BCUT2D eigenvalue weighted by atomic mass is 10.0. The van der Waals surface area contributed by atoms with Crippen molar-refractivity contribution in [2.75, 3.05) is 44.7 Å². The normalized spacial score (nSPS) is 17.7. The highest BCUT2D eigenvalue weighted by Crippen LogP contribution is 2.48. The van der Waals surface area contributed by atoms with Crippen LogP contribution in [0.25, 0.3) is 0 Å². The van der Waals surface area contributed by atoms with E-state index in [9.17, 15) is 9.59 Å². The predicted octanol–water partition coefficient (Wildman–Crippen LogP) is 2.21. The average molecular weight is 393 g/mol. The van der Waals surface area contributed by atoms with Gasteiger partial charge in [0.15, 0.2) is 0 Å². The molecule has 0 unspecified atom stereocenters. The highest BCUT2D eigenvalue weighted by Gasteiger charge is 2.59. The summed E-state index contributed by atoms with van der Waals surface area (Å²) >= 11 is 0. The van der Waals surface area contributed by atoms with E-state index in [2.05, 4.69) is 22.0 Å². The average Bonchev–Trinajstić information content (AvgIpc) is 3.60. The summed E-state index contributed by atoms with van der Waals surface area (Å²) in [6.07, 6.45) is 5.63. The van der Waals surface area contributed by atoms with Crippen LogP contribution in [0.1, 0.15) is 18.4 Å². The molecule has 0 bridgehead atoms. The minimum Gasteiger partial charge on any atom is -0.368 e. The number of amides is 2. The van der Waals surface area contributed by atoms with Gasteiger partial charge < -0.3 is 14.7 Å². The Labute approximate surface area is 172 Å². The van der Waals surface area contributed by atoms with Crippen molar-refractivity contribution in [1.29, 1.82) is 0 Å². The van der Waals surface area contributed by atoms with Crippen molar-refractivity contribution >= 4 is 17.5 Å². The second-order valence-corrected chi connectivity index (χ2v) is 8.03. The van der Waals surface area contributed by atoms with Crippen molar-refractivity contribution < 1.29 is 9.59 Å². The Morgan fingerprint density at radius 3 is 2.28 bits per heavy atom. The van der Waals surface area contributed by atoms with Crippen LogP contribution < -0.4 is 4.90 Å². The maximum atomic E-state index is 13.2.